The van der Waals surface area contributed by atoms with Crippen LogP contribution >= 0.6 is 0 Å². The Hall–Kier alpha value is -4.96. The van der Waals surface area contributed by atoms with Crippen molar-refractivity contribution in [1.29, 1.82) is 5.26 Å². The Morgan fingerprint density at radius 3 is 2.67 bits per heavy atom. The van der Waals surface area contributed by atoms with Crippen LogP contribution in [0.15, 0.2) is 54.4 Å². The zero-order valence-electron chi connectivity index (χ0n) is 24.6. The number of nitrogens with zero attached hydrogens (tertiary/aromatic N) is 7. The van der Waals surface area contributed by atoms with Crippen LogP contribution in [0.2, 0.25) is 0 Å². The molecule has 1 amide bonds. The molecule has 0 spiro atoms. The van der Waals surface area contributed by atoms with Crippen LogP contribution in [0, 0.1) is 34.7 Å². The molecular weight excluding hydrogens is 585 g/mol. The molecule has 6 rings (SSSR count). The van der Waals surface area contributed by atoms with Gasteiger partial charge in [-0.15, -0.1) is 0 Å². The third-order valence-corrected chi connectivity index (χ3v) is 8.44. The number of ether oxygens (including phenoxy) is 1. The Kier molecular flexibility index (Phi) is 8.40. The van der Waals surface area contributed by atoms with Gasteiger partial charge >= 0.3 is 0 Å². The van der Waals surface area contributed by atoms with Crippen LogP contribution < -0.4 is 10.5 Å². The Bertz CT molecular complexity index is 1830. The summed E-state index contributed by atoms with van der Waals surface area (Å²) < 4.78 is 50.2. The highest BCUT2D eigenvalue weighted by Crippen LogP contribution is 2.35. The molecule has 4 heterocycles. The van der Waals surface area contributed by atoms with Crippen LogP contribution in [0.1, 0.15) is 25.7 Å². The molecule has 1 atom stereocenters. The maximum atomic E-state index is 15.5. The summed E-state index contributed by atoms with van der Waals surface area (Å²) in [4.78, 5) is 25.9. The number of amides is 1. The molecule has 10 nitrogen and oxygen atoms in total. The molecule has 2 saturated heterocycles. The summed E-state index contributed by atoms with van der Waals surface area (Å²) in [5.74, 6) is -3.48. The van der Waals surface area contributed by atoms with Crippen LogP contribution in [-0.2, 0) is 11.3 Å². The van der Waals surface area contributed by atoms with E-state index in [1.54, 1.807) is 9.58 Å². The van der Waals surface area contributed by atoms with Gasteiger partial charge in [0.15, 0.2) is 17.2 Å². The maximum absolute atomic E-state index is 15.5. The molecular formula is C32H31F3N8O2. The summed E-state index contributed by atoms with van der Waals surface area (Å²) in [6, 6.07) is 9.17. The number of halogens is 3. The Balaban J connectivity index is 1.27. The van der Waals surface area contributed by atoms with E-state index in [1.165, 1.54) is 30.6 Å². The van der Waals surface area contributed by atoms with Gasteiger partial charge in [-0.05, 0) is 76.0 Å². The Morgan fingerprint density at radius 1 is 1.11 bits per heavy atom. The van der Waals surface area contributed by atoms with E-state index in [0.29, 0.717) is 24.0 Å². The quantitative estimate of drug-likeness (QED) is 0.225. The van der Waals surface area contributed by atoms with Crippen LogP contribution in [0.5, 0.6) is 11.5 Å². The van der Waals surface area contributed by atoms with Crippen molar-refractivity contribution >= 4 is 22.8 Å². The minimum atomic E-state index is -1.18. The van der Waals surface area contributed by atoms with Crippen LogP contribution in [-0.4, -0.2) is 68.2 Å². The summed E-state index contributed by atoms with van der Waals surface area (Å²) in [7, 11) is 2.06. The van der Waals surface area contributed by atoms with E-state index in [9.17, 15) is 18.8 Å². The molecule has 4 aromatic rings. The smallest absolute Gasteiger partial charge is 0.264 e. The zero-order valence-corrected chi connectivity index (χ0v) is 24.6. The molecule has 45 heavy (non-hydrogen) atoms. The van der Waals surface area contributed by atoms with Crippen LogP contribution in [0.3, 0.4) is 0 Å². The lowest BCUT2D eigenvalue weighted by Crippen LogP contribution is -2.39. The monoisotopic (exact) mass is 616 g/mol. The summed E-state index contributed by atoms with van der Waals surface area (Å²) >= 11 is 0. The predicted octanol–water partition coefficient (Wildman–Crippen LogP) is 5.07. The minimum Gasteiger partial charge on any atom is -0.454 e. The van der Waals surface area contributed by atoms with Crippen LogP contribution in [0.25, 0.3) is 22.3 Å². The average molecular weight is 617 g/mol. The molecule has 13 heteroatoms. The van der Waals surface area contributed by atoms with Crippen molar-refractivity contribution in [2.75, 3.05) is 32.4 Å². The fourth-order valence-corrected chi connectivity index (χ4v) is 6.02. The van der Waals surface area contributed by atoms with Crippen molar-refractivity contribution in [3.63, 3.8) is 0 Å². The molecule has 0 saturated carbocycles. The molecule has 0 bridgehead atoms. The standard InChI is InChI=1S/C32H31F3N8O2/c1-41-12-9-19(10-13-41)14-20(16-36)32(44)42-11-3-4-21(42)17-43-31-27(30(37)38-18-39-31)29(40-43)23-8-7-22(15-25(23)34)45-26-6-2-5-24(33)28(26)35/h2,5-8,14-15,18-19,21H,3-4,9-13,17H2,1H3,(H2,37,38,39)/b20-14+/t21-/m1/s1. The van der Waals surface area contributed by atoms with Gasteiger partial charge in [0.2, 0.25) is 5.82 Å². The topological polar surface area (TPSA) is 126 Å². The third-order valence-electron chi connectivity index (χ3n) is 8.44. The summed E-state index contributed by atoms with van der Waals surface area (Å²) in [5, 5.41) is 14.9. The van der Waals surface area contributed by atoms with Crippen molar-refractivity contribution in [3.8, 4) is 28.8 Å². The van der Waals surface area contributed by atoms with Crippen molar-refractivity contribution in [3.05, 3.63) is 71.8 Å². The highest BCUT2D eigenvalue weighted by Gasteiger charge is 2.33. The number of aromatic nitrogens is 4. The molecule has 2 aliphatic heterocycles. The first-order chi connectivity index (χ1) is 21.7. The number of benzene rings is 2. The highest BCUT2D eigenvalue weighted by atomic mass is 19.2. The number of carbonyl (C=O) groups is 1. The number of anilines is 1. The van der Waals surface area contributed by atoms with Crippen molar-refractivity contribution in [2.24, 2.45) is 5.92 Å². The van der Waals surface area contributed by atoms with Gasteiger partial charge in [-0.25, -0.2) is 23.4 Å². The summed E-state index contributed by atoms with van der Waals surface area (Å²) in [6.07, 6.45) is 6.34. The van der Waals surface area contributed by atoms with E-state index >= 15 is 4.39 Å². The lowest BCUT2D eigenvalue weighted by molar-refractivity contribution is -0.127. The Morgan fingerprint density at radius 2 is 1.91 bits per heavy atom. The maximum Gasteiger partial charge on any atom is 0.264 e. The lowest BCUT2D eigenvalue weighted by atomic mass is 9.94. The molecule has 2 fully saturated rings. The second kappa shape index (κ2) is 12.6. The number of fused-ring (bicyclic) bond motifs is 1. The largest absolute Gasteiger partial charge is 0.454 e. The summed E-state index contributed by atoms with van der Waals surface area (Å²) in [6.45, 7) is 2.58. The van der Waals surface area contributed by atoms with Crippen molar-refractivity contribution < 1.29 is 22.7 Å². The van der Waals surface area contributed by atoms with Gasteiger partial charge in [-0.2, -0.15) is 14.8 Å². The normalized spacial score (nSPS) is 18.0. The molecule has 0 aliphatic carbocycles. The molecule has 2 aliphatic rings. The van der Waals surface area contributed by atoms with E-state index in [1.807, 2.05) is 6.08 Å². The molecule has 2 aromatic heterocycles. The number of piperidine rings is 1. The van der Waals surface area contributed by atoms with E-state index in [2.05, 4.69) is 33.1 Å². The molecule has 232 valence electrons. The van der Waals surface area contributed by atoms with E-state index in [0.717, 1.165) is 44.5 Å². The van der Waals surface area contributed by atoms with Crippen molar-refractivity contribution in [2.45, 2.75) is 38.3 Å². The third kappa shape index (κ3) is 6.06. The van der Waals surface area contributed by atoms with Gasteiger partial charge in [-0.1, -0.05) is 12.1 Å². The van der Waals surface area contributed by atoms with Gasteiger partial charge in [0.1, 0.15) is 41.0 Å². The number of hydrogen-bond acceptors (Lipinski definition) is 8. The van der Waals surface area contributed by atoms with Crippen molar-refractivity contribution in [1.82, 2.24) is 29.5 Å². The van der Waals surface area contributed by atoms with Crippen LogP contribution in [0.4, 0.5) is 19.0 Å². The predicted molar refractivity (Wildman–Crippen MR) is 160 cm³/mol. The SMILES string of the molecule is CN1CCC(/C=C(\C#N)C(=O)N2CCC[C@@H]2Cn2nc(-c3ccc(Oc4cccc(F)c4F)cc3F)c3c(N)ncnc32)CC1. The van der Waals surface area contributed by atoms with E-state index in [4.69, 9.17) is 10.5 Å². The number of nitrogen functional groups attached to an aromatic ring is 1. The molecule has 2 aromatic carbocycles. The fourth-order valence-electron chi connectivity index (χ4n) is 6.02. The molecule has 2 N–H and O–H groups in total. The summed E-state index contributed by atoms with van der Waals surface area (Å²) in [5.41, 5.74) is 6.98. The van der Waals surface area contributed by atoms with Gasteiger partial charge in [0, 0.05) is 18.2 Å². The number of likely N-dealkylation sites (tertiary alicyclic amines) is 2. The second-order valence-corrected chi connectivity index (χ2v) is 11.4. The highest BCUT2D eigenvalue weighted by molar-refractivity contribution is 5.99. The van der Waals surface area contributed by atoms with Gasteiger partial charge in [0.05, 0.1) is 18.0 Å². The Labute approximate surface area is 257 Å². The van der Waals surface area contributed by atoms with E-state index < -0.39 is 17.5 Å². The number of hydrogen-bond donors (Lipinski definition) is 1. The minimum absolute atomic E-state index is 0.0459. The number of allylic oxidation sites excluding steroid dienone is 1. The first-order valence-electron chi connectivity index (χ1n) is 14.7. The van der Waals surface area contributed by atoms with Gasteiger partial charge < -0.3 is 20.3 Å². The lowest BCUT2D eigenvalue weighted by Gasteiger charge is -2.28. The number of nitrogens with two attached hydrogens (primary N) is 1. The van der Waals surface area contributed by atoms with Gasteiger partial charge in [-0.3, -0.25) is 4.79 Å². The second-order valence-electron chi connectivity index (χ2n) is 11.4. The van der Waals surface area contributed by atoms with E-state index in [-0.39, 0.29) is 58.6 Å². The number of nitriles is 1. The average Bonchev–Trinajstić information content (AvgIpc) is 3.64. The number of rotatable bonds is 7. The van der Waals surface area contributed by atoms with Gasteiger partial charge in [0.25, 0.3) is 5.91 Å². The fraction of sp³-hybridized carbons (Fsp3) is 0.344. The molecule has 0 radical (unpaired) electrons. The first-order valence-corrected chi connectivity index (χ1v) is 14.7. The first kappa shape index (κ1) is 30.1. The zero-order chi connectivity index (χ0) is 31.7. The number of carbonyl (C=O) groups excluding carboxylic acids is 1. The molecule has 0 unspecified atom stereocenters.